The van der Waals surface area contributed by atoms with Crippen LogP contribution in [0.25, 0.3) is 10.1 Å². The van der Waals surface area contributed by atoms with Crippen molar-refractivity contribution in [2.75, 3.05) is 0 Å². The van der Waals surface area contributed by atoms with Gasteiger partial charge in [-0.2, -0.15) is 0 Å². The maximum atomic E-state index is 12.6. The first-order valence-electron chi connectivity index (χ1n) is 5.93. The van der Waals surface area contributed by atoms with E-state index in [1.807, 2.05) is 48.7 Å². The molecule has 0 aliphatic heterocycles. The van der Waals surface area contributed by atoms with Crippen molar-refractivity contribution in [1.82, 2.24) is 0 Å². The molecular weight excluding hydrogens is 276 g/mol. The van der Waals surface area contributed by atoms with Gasteiger partial charge in [0.25, 0.3) is 0 Å². The van der Waals surface area contributed by atoms with E-state index in [4.69, 9.17) is 11.6 Å². The first kappa shape index (κ1) is 12.4. The fourth-order valence-electron chi connectivity index (χ4n) is 2.19. The number of benzene rings is 2. The summed E-state index contributed by atoms with van der Waals surface area (Å²) in [6.45, 7) is 1.94. The molecule has 0 bridgehead atoms. The Morgan fingerprint density at radius 1 is 1.16 bits per heavy atom. The highest BCUT2D eigenvalue weighted by atomic mass is 35.5. The van der Waals surface area contributed by atoms with E-state index in [0.717, 1.165) is 21.2 Å². The number of halogens is 1. The molecular formula is C16H11ClOS. The predicted molar refractivity (Wildman–Crippen MR) is 81.4 cm³/mol. The van der Waals surface area contributed by atoms with Gasteiger partial charge in [0.15, 0.2) is 5.78 Å². The topological polar surface area (TPSA) is 17.1 Å². The lowest BCUT2D eigenvalue weighted by molar-refractivity contribution is 0.104. The van der Waals surface area contributed by atoms with Crippen molar-refractivity contribution in [2.45, 2.75) is 6.92 Å². The Hall–Kier alpha value is -1.64. The molecule has 3 rings (SSSR count). The van der Waals surface area contributed by atoms with Gasteiger partial charge in [-0.15, -0.1) is 11.3 Å². The second-order valence-corrected chi connectivity index (χ2v) is 5.84. The van der Waals surface area contributed by atoms with Crippen LogP contribution in [0.1, 0.15) is 21.5 Å². The van der Waals surface area contributed by atoms with E-state index in [1.54, 1.807) is 17.4 Å². The zero-order chi connectivity index (χ0) is 13.4. The molecule has 2 aromatic carbocycles. The van der Waals surface area contributed by atoms with E-state index in [1.165, 1.54) is 0 Å². The molecule has 1 aromatic heterocycles. The minimum Gasteiger partial charge on any atom is -0.289 e. The fraction of sp³-hybridized carbons (Fsp3) is 0.0625. The predicted octanol–water partition coefficient (Wildman–Crippen LogP) is 5.09. The summed E-state index contributed by atoms with van der Waals surface area (Å²) in [5.41, 5.74) is 2.38. The second kappa shape index (κ2) is 4.80. The molecule has 0 saturated carbocycles. The van der Waals surface area contributed by atoms with Crippen LogP contribution in [-0.2, 0) is 0 Å². The van der Waals surface area contributed by atoms with Gasteiger partial charge in [-0.05, 0) is 53.6 Å². The number of thiophene rings is 1. The van der Waals surface area contributed by atoms with E-state index >= 15 is 0 Å². The monoisotopic (exact) mass is 286 g/mol. The highest BCUT2D eigenvalue weighted by molar-refractivity contribution is 7.17. The first-order chi connectivity index (χ1) is 9.15. The molecule has 0 fully saturated rings. The van der Waals surface area contributed by atoms with Crippen molar-refractivity contribution in [3.63, 3.8) is 0 Å². The zero-order valence-electron chi connectivity index (χ0n) is 10.3. The Morgan fingerprint density at radius 3 is 2.79 bits per heavy atom. The van der Waals surface area contributed by atoms with Gasteiger partial charge in [-0.3, -0.25) is 4.79 Å². The van der Waals surface area contributed by atoms with Gasteiger partial charge in [-0.25, -0.2) is 0 Å². The molecule has 1 nitrogen and oxygen atoms in total. The summed E-state index contributed by atoms with van der Waals surface area (Å²) >= 11 is 7.62. The number of carbonyl (C=O) groups excluding carboxylic acids is 1. The Bertz CT molecular complexity index is 753. The highest BCUT2D eigenvalue weighted by Crippen LogP contribution is 2.27. The number of ketones is 1. The third kappa shape index (κ3) is 2.29. The van der Waals surface area contributed by atoms with Crippen LogP contribution in [0.5, 0.6) is 0 Å². The maximum Gasteiger partial charge on any atom is 0.194 e. The van der Waals surface area contributed by atoms with Crippen molar-refractivity contribution in [3.05, 3.63) is 69.6 Å². The summed E-state index contributed by atoms with van der Waals surface area (Å²) in [7, 11) is 0. The van der Waals surface area contributed by atoms with E-state index in [0.29, 0.717) is 10.6 Å². The number of fused-ring (bicyclic) bond motifs is 1. The SMILES string of the molecule is Cc1cc(Cl)cc(C(=O)c2cccc3ccsc23)c1. The molecule has 0 unspecified atom stereocenters. The lowest BCUT2D eigenvalue weighted by Crippen LogP contribution is -2.01. The largest absolute Gasteiger partial charge is 0.289 e. The molecule has 3 aromatic rings. The van der Waals surface area contributed by atoms with Crippen LogP contribution in [0.3, 0.4) is 0 Å². The Balaban J connectivity index is 2.16. The van der Waals surface area contributed by atoms with Crippen LogP contribution in [0.15, 0.2) is 47.8 Å². The normalized spacial score (nSPS) is 10.8. The average molecular weight is 287 g/mol. The van der Waals surface area contributed by atoms with Crippen LogP contribution in [0.2, 0.25) is 5.02 Å². The number of hydrogen-bond acceptors (Lipinski definition) is 2. The summed E-state index contributed by atoms with van der Waals surface area (Å²) in [4.78, 5) is 12.6. The van der Waals surface area contributed by atoms with Gasteiger partial charge in [0.05, 0.1) is 0 Å². The molecule has 1 heterocycles. The van der Waals surface area contributed by atoms with Crippen LogP contribution in [-0.4, -0.2) is 5.78 Å². The van der Waals surface area contributed by atoms with Crippen molar-refractivity contribution >= 4 is 38.8 Å². The molecule has 0 aliphatic rings. The highest BCUT2D eigenvalue weighted by Gasteiger charge is 2.14. The summed E-state index contributed by atoms with van der Waals surface area (Å²) in [6.07, 6.45) is 0. The number of carbonyl (C=O) groups is 1. The molecule has 0 amide bonds. The molecule has 3 heteroatoms. The molecule has 0 spiro atoms. The standard InChI is InChI=1S/C16H11ClOS/c1-10-7-12(9-13(17)8-10)15(18)14-4-2-3-11-5-6-19-16(11)14/h2-9H,1H3. The minimum atomic E-state index is 0.0265. The lowest BCUT2D eigenvalue weighted by Gasteiger charge is -2.05. The molecule has 94 valence electrons. The fourth-order valence-corrected chi connectivity index (χ4v) is 3.40. The number of rotatable bonds is 2. The average Bonchev–Trinajstić information content (AvgIpc) is 2.84. The first-order valence-corrected chi connectivity index (χ1v) is 7.19. The quantitative estimate of drug-likeness (QED) is 0.599. The third-order valence-electron chi connectivity index (χ3n) is 3.03. The third-order valence-corrected chi connectivity index (χ3v) is 4.21. The van der Waals surface area contributed by atoms with Crippen molar-refractivity contribution in [1.29, 1.82) is 0 Å². The number of aryl methyl sites for hydroxylation is 1. The molecule has 0 radical (unpaired) electrons. The van der Waals surface area contributed by atoms with Crippen LogP contribution in [0.4, 0.5) is 0 Å². The number of hydrogen-bond donors (Lipinski definition) is 0. The minimum absolute atomic E-state index is 0.0265. The summed E-state index contributed by atoms with van der Waals surface area (Å²) in [6, 6.07) is 13.3. The van der Waals surface area contributed by atoms with Crippen molar-refractivity contribution in [3.8, 4) is 0 Å². The van der Waals surface area contributed by atoms with Gasteiger partial charge < -0.3 is 0 Å². The van der Waals surface area contributed by atoms with Gasteiger partial charge in [0.2, 0.25) is 0 Å². The second-order valence-electron chi connectivity index (χ2n) is 4.49. The zero-order valence-corrected chi connectivity index (χ0v) is 11.9. The molecule has 19 heavy (non-hydrogen) atoms. The van der Waals surface area contributed by atoms with E-state index in [2.05, 4.69) is 0 Å². The summed E-state index contributed by atoms with van der Waals surface area (Å²) in [5.74, 6) is 0.0265. The van der Waals surface area contributed by atoms with Gasteiger partial charge in [-0.1, -0.05) is 23.7 Å². The Labute approximate surface area is 120 Å². The van der Waals surface area contributed by atoms with E-state index in [-0.39, 0.29) is 5.78 Å². The Kier molecular flexibility index (Phi) is 3.13. The van der Waals surface area contributed by atoms with Crippen LogP contribution < -0.4 is 0 Å². The van der Waals surface area contributed by atoms with Crippen LogP contribution in [0, 0.1) is 6.92 Å². The molecule has 0 N–H and O–H groups in total. The van der Waals surface area contributed by atoms with Gasteiger partial charge in [0, 0.05) is 20.8 Å². The van der Waals surface area contributed by atoms with Crippen molar-refractivity contribution < 1.29 is 4.79 Å². The summed E-state index contributed by atoms with van der Waals surface area (Å²) in [5, 5.41) is 3.71. The van der Waals surface area contributed by atoms with E-state index < -0.39 is 0 Å². The molecule has 0 aliphatic carbocycles. The lowest BCUT2D eigenvalue weighted by atomic mass is 10.0. The van der Waals surface area contributed by atoms with Gasteiger partial charge in [0.1, 0.15) is 0 Å². The molecule has 0 atom stereocenters. The summed E-state index contributed by atoms with van der Waals surface area (Å²) < 4.78 is 1.03. The van der Waals surface area contributed by atoms with E-state index in [9.17, 15) is 4.79 Å². The van der Waals surface area contributed by atoms with Crippen molar-refractivity contribution in [2.24, 2.45) is 0 Å². The molecule has 0 saturated heterocycles. The van der Waals surface area contributed by atoms with Gasteiger partial charge >= 0.3 is 0 Å². The Morgan fingerprint density at radius 2 is 2.00 bits per heavy atom. The smallest absolute Gasteiger partial charge is 0.194 e. The van der Waals surface area contributed by atoms with Crippen LogP contribution >= 0.6 is 22.9 Å². The maximum absolute atomic E-state index is 12.6.